The van der Waals surface area contributed by atoms with Crippen LogP contribution < -0.4 is 10.1 Å². The average Bonchev–Trinajstić information content (AvgIpc) is 2.48. The molecule has 0 saturated heterocycles. The van der Waals surface area contributed by atoms with Crippen molar-refractivity contribution in [1.82, 2.24) is 0 Å². The van der Waals surface area contributed by atoms with Crippen molar-refractivity contribution in [3.63, 3.8) is 0 Å². The molecule has 2 aromatic rings. The molecule has 0 aliphatic heterocycles. The smallest absolute Gasteiger partial charge is 0.234 e. The summed E-state index contributed by atoms with van der Waals surface area (Å²) in [5.74, 6) is 0.661. The Labute approximate surface area is 119 Å². The number of hydrogen-bond acceptors (Lipinski definition) is 2. The number of ether oxygens (including phenoxy) is 1. The lowest BCUT2D eigenvalue weighted by Crippen LogP contribution is -2.35. The van der Waals surface area contributed by atoms with Crippen LogP contribution >= 0.6 is 0 Å². The van der Waals surface area contributed by atoms with Crippen LogP contribution in [0.3, 0.4) is 0 Å². The fourth-order valence-electron chi connectivity index (χ4n) is 2.09. The normalized spacial score (nSPS) is 10.9. The fourth-order valence-corrected chi connectivity index (χ4v) is 2.09. The van der Waals surface area contributed by atoms with Gasteiger partial charge in [-0.1, -0.05) is 36.4 Å². The first-order chi connectivity index (χ1) is 9.55. The van der Waals surface area contributed by atoms with Gasteiger partial charge in [-0.25, -0.2) is 0 Å². The number of nitrogens with one attached hydrogen (secondary N) is 1. The van der Waals surface area contributed by atoms with Crippen molar-refractivity contribution in [1.29, 1.82) is 0 Å². The Morgan fingerprint density at radius 3 is 2.25 bits per heavy atom. The quantitative estimate of drug-likeness (QED) is 0.920. The highest BCUT2D eigenvalue weighted by Crippen LogP contribution is 2.32. The van der Waals surface area contributed by atoms with Crippen molar-refractivity contribution in [2.75, 3.05) is 12.4 Å². The predicted octanol–water partition coefficient (Wildman–Crippen LogP) is 3.61. The van der Waals surface area contributed by atoms with E-state index >= 15 is 0 Å². The summed E-state index contributed by atoms with van der Waals surface area (Å²) in [4.78, 5) is 12.5. The molecule has 0 bridgehead atoms. The van der Waals surface area contributed by atoms with Crippen LogP contribution in [0.5, 0.6) is 5.75 Å². The first-order valence-corrected chi connectivity index (χ1v) is 6.55. The second-order valence-corrected chi connectivity index (χ2v) is 5.15. The number of rotatable bonds is 4. The van der Waals surface area contributed by atoms with Crippen molar-refractivity contribution in [3.8, 4) is 5.75 Å². The van der Waals surface area contributed by atoms with Gasteiger partial charge in [0, 0.05) is 11.3 Å². The van der Waals surface area contributed by atoms with Gasteiger partial charge in [-0.3, -0.25) is 4.79 Å². The fraction of sp³-hybridized carbons (Fsp3) is 0.235. The summed E-state index contributed by atoms with van der Waals surface area (Å²) in [5.41, 5.74) is 0.985. The van der Waals surface area contributed by atoms with Gasteiger partial charge >= 0.3 is 0 Å². The molecule has 3 nitrogen and oxygen atoms in total. The third kappa shape index (κ3) is 2.82. The molecule has 20 heavy (non-hydrogen) atoms. The highest BCUT2D eigenvalue weighted by atomic mass is 16.5. The lowest BCUT2D eigenvalue weighted by molar-refractivity contribution is -0.120. The van der Waals surface area contributed by atoms with Crippen LogP contribution in [-0.4, -0.2) is 13.0 Å². The standard InChI is InChI=1S/C17H19NO2/c1-17(2,14-11-7-8-12-15(14)20-3)16(19)18-13-9-5-4-6-10-13/h4-12H,1-3H3,(H,18,19). The molecule has 0 aromatic heterocycles. The van der Waals surface area contributed by atoms with E-state index in [0.29, 0.717) is 0 Å². The number of anilines is 1. The molecule has 0 saturated carbocycles. The summed E-state index contributed by atoms with van der Waals surface area (Å²) in [6, 6.07) is 17.0. The molecule has 0 unspecified atom stereocenters. The van der Waals surface area contributed by atoms with Gasteiger partial charge in [-0.15, -0.1) is 0 Å². The Hall–Kier alpha value is -2.29. The van der Waals surface area contributed by atoms with Gasteiger partial charge in [0.1, 0.15) is 5.75 Å². The third-order valence-corrected chi connectivity index (χ3v) is 3.38. The molecule has 1 N–H and O–H groups in total. The van der Waals surface area contributed by atoms with E-state index in [1.54, 1.807) is 7.11 Å². The molecule has 0 aliphatic rings. The van der Waals surface area contributed by atoms with Crippen molar-refractivity contribution < 1.29 is 9.53 Å². The average molecular weight is 269 g/mol. The third-order valence-electron chi connectivity index (χ3n) is 3.38. The number of para-hydroxylation sites is 2. The molecule has 2 aromatic carbocycles. The highest BCUT2D eigenvalue weighted by Gasteiger charge is 2.32. The maximum Gasteiger partial charge on any atom is 0.234 e. The lowest BCUT2D eigenvalue weighted by Gasteiger charge is -2.26. The summed E-state index contributed by atoms with van der Waals surface area (Å²) in [6.07, 6.45) is 0. The van der Waals surface area contributed by atoms with Crippen LogP contribution in [0.2, 0.25) is 0 Å². The minimum absolute atomic E-state index is 0.0619. The molecular formula is C17H19NO2. The zero-order valence-electron chi connectivity index (χ0n) is 12.0. The van der Waals surface area contributed by atoms with Crippen molar-refractivity contribution >= 4 is 11.6 Å². The Balaban J connectivity index is 2.27. The number of carbonyl (C=O) groups is 1. The van der Waals surface area contributed by atoms with E-state index in [9.17, 15) is 4.79 Å². The summed E-state index contributed by atoms with van der Waals surface area (Å²) in [7, 11) is 1.62. The van der Waals surface area contributed by atoms with E-state index in [4.69, 9.17) is 4.74 Å². The Kier molecular flexibility index (Phi) is 4.08. The zero-order chi connectivity index (χ0) is 14.6. The van der Waals surface area contributed by atoms with Crippen LogP contribution in [0.15, 0.2) is 54.6 Å². The topological polar surface area (TPSA) is 38.3 Å². The largest absolute Gasteiger partial charge is 0.496 e. The van der Waals surface area contributed by atoms with E-state index in [1.807, 2.05) is 68.4 Å². The van der Waals surface area contributed by atoms with Gasteiger partial charge in [-0.05, 0) is 32.0 Å². The van der Waals surface area contributed by atoms with Gasteiger partial charge in [-0.2, -0.15) is 0 Å². The van der Waals surface area contributed by atoms with Crippen molar-refractivity contribution in [2.45, 2.75) is 19.3 Å². The Bertz CT molecular complexity index is 591. The number of methoxy groups -OCH3 is 1. The maximum absolute atomic E-state index is 12.5. The summed E-state index contributed by atoms with van der Waals surface area (Å²) in [5, 5.41) is 2.94. The van der Waals surface area contributed by atoms with E-state index in [0.717, 1.165) is 17.0 Å². The van der Waals surface area contributed by atoms with E-state index in [2.05, 4.69) is 5.32 Å². The van der Waals surface area contributed by atoms with E-state index in [1.165, 1.54) is 0 Å². The van der Waals surface area contributed by atoms with Gasteiger partial charge in [0.05, 0.1) is 12.5 Å². The lowest BCUT2D eigenvalue weighted by atomic mass is 9.83. The SMILES string of the molecule is COc1ccccc1C(C)(C)C(=O)Nc1ccccc1. The molecule has 2 rings (SSSR count). The maximum atomic E-state index is 12.5. The number of benzene rings is 2. The number of hydrogen-bond donors (Lipinski definition) is 1. The molecule has 0 radical (unpaired) electrons. The highest BCUT2D eigenvalue weighted by molar-refractivity contribution is 5.99. The number of carbonyl (C=O) groups excluding carboxylic acids is 1. The zero-order valence-corrected chi connectivity index (χ0v) is 12.0. The second-order valence-electron chi connectivity index (χ2n) is 5.15. The minimum atomic E-state index is -0.678. The van der Waals surface area contributed by atoms with Gasteiger partial charge in [0.2, 0.25) is 5.91 Å². The second kappa shape index (κ2) is 5.78. The van der Waals surface area contributed by atoms with Crippen LogP contribution in [0.25, 0.3) is 0 Å². The first-order valence-electron chi connectivity index (χ1n) is 6.55. The van der Waals surface area contributed by atoms with Crippen LogP contribution in [0, 0.1) is 0 Å². The van der Waals surface area contributed by atoms with Gasteiger partial charge in [0.15, 0.2) is 0 Å². The summed E-state index contributed by atoms with van der Waals surface area (Å²) in [6.45, 7) is 3.78. The molecule has 3 heteroatoms. The van der Waals surface area contributed by atoms with E-state index < -0.39 is 5.41 Å². The summed E-state index contributed by atoms with van der Waals surface area (Å²) >= 11 is 0. The monoisotopic (exact) mass is 269 g/mol. The van der Waals surface area contributed by atoms with E-state index in [-0.39, 0.29) is 5.91 Å². The Morgan fingerprint density at radius 2 is 1.60 bits per heavy atom. The van der Waals surface area contributed by atoms with Gasteiger partial charge < -0.3 is 10.1 Å². The minimum Gasteiger partial charge on any atom is -0.496 e. The molecule has 0 heterocycles. The molecule has 0 aliphatic carbocycles. The summed E-state index contributed by atoms with van der Waals surface area (Å²) < 4.78 is 5.35. The van der Waals surface area contributed by atoms with Gasteiger partial charge in [0.25, 0.3) is 0 Å². The Morgan fingerprint density at radius 1 is 1.00 bits per heavy atom. The first kappa shape index (κ1) is 14.1. The molecule has 0 spiro atoms. The molecule has 1 amide bonds. The van der Waals surface area contributed by atoms with Crippen LogP contribution in [-0.2, 0) is 10.2 Å². The molecular weight excluding hydrogens is 250 g/mol. The van der Waals surface area contributed by atoms with Crippen LogP contribution in [0.1, 0.15) is 19.4 Å². The predicted molar refractivity (Wildman–Crippen MR) is 81.1 cm³/mol. The van der Waals surface area contributed by atoms with Crippen LogP contribution in [0.4, 0.5) is 5.69 Å². The number of amides is 1. The van der Waals surface area contributed by atoms with Crippen molar-refractivity contribution in [2.24, 2.45) is 0 Å². The molecule has 0 fully saturated rings. The molecule has 0 atom stereocenters. The molecule has 104 valence electrons. The van der Waals surface area contributed by atoms with Crippen molar-refractivity contribution in [3.05, 3.63) is 60.2 Å².